The summed E-state index contributed by atoms with van der Waals surface area (Å²) in [5, 5.41) is 0. The summed E-state index contributed by atoms with van der Waals surface area (Å²) in [7, 11) is 0. The van der Waals surface area contributed by atoms with Crippen molar-refractivity contribution >= 4 is 11.9 Å². The smallest absolute Gasteiger partial charge is 0.248 e. The van der Waals surface area contributed by atoms with Gasteiger partial charge in [0.2, 0.25) is 5.91 Å². The lowest BCUT2D eigenvalue weighted by Gasteiger charge is -2.16. The highest BCUT2D eigenvalue weighted by atomic mass is 16.1. The van der Waals surface area contributed by atoms with E-state index in [0.29, 0.717) is 12.8 Å². The molecule has 1 amide bonds. The van der Waals surface area contributed by atoms with Gasteiger partial charge in [-0.1, -0.05) is 58.8 Å². The third-order valence-corrected chi connectivity index (χ3v) is 3.21. The van der Waals surface area contributed by atoms with Crippen LogP contribution in [0.25, 0.3) is 0 Å². The third-order valence-electron chi connectivity index (χ3n) is 3.21. The molecule has 0 unspecified atom stereocenters. The molecule has 0 rings (SSSR count). The van der Waals surface area contributed by atoms with Gasteiger partial charge in [0.15, 0.2) is 5.96 Å². The number of carbonyl (C=O) groups excluding carboxylic acids is 1. The summed E-state index contributed by atoms with van der Waals surface area (Å²) in [6.07, 6.45) is 10.2. The van der Waals surface area contributed by atoms with E-state index >= 15 is 0 Å². The average Bonchev–Trinajstić information content (AvgIpc) is 2.46. The number of hydrogen-bond donors (Lipinski definition) is 1. The number of amides is 1. The van der Waals surface area contributed by atoms with Gasteiger partial charge in [-0.3, -0.25) is 4.79 Å². The molecule has 0 aliphatic carbocycles. The number of carbonyl (C=O) groups is 1. The summed E-state index contributed by atoms with van der Waals surface area (Å²) in [6, 6.07) is 0. The topological polar surface area (TPSA) is 58.7 Å². The van der Waals surface area contributed by atoms with Crippen LogP contribution in [0, 0.1) is 0 Å². The number of nitrogens with two attached hydrogens (primary N) is 1. The molecule has 0 fully saturated rings. The highest BCUT2D eigenvalue weighted by Gasteiger charge is 2.04. The molecule has 0 aromatic carbocycles. The van der Waals surface area contributed by atoms with Crippen LogP contribution in [0.2, 0.25) is 0 Å². The summed E-state index contributed by atoms with van der Waals surface area (Å²) in [5.41, 5.74) is 5.68. The van der Waals surface area contributed by atoms with E-state index in [4.69, 9.17) is 9.85 Å². The summed E-state index contributed by atoms with van der Waals surface area (Å²) in [5.74, 6) is -0.532. The van der Waals surface area contributed by atoms with Crippen molar-refractivity contribution in [3.63, 3.8) is 0 Å². The Hall–Kier alpha value is -1.06. The second kappa shape index (κ2) is 12.9. The van der Waals surface area contributed by atoms with Gasteiger partial charge in [-0.05, 0) is 12.8 Å². The van der Waals surface area contributed by atoms with Crippen LogP contribution in [0.4, 0.5) is 0 Å². The molecule has 4 nitrogen and oxygen atoms in total. The molecule has 0 saturated carbocycles. The Morgan fingerprint density at radius 1 is 1.05 bits per heavy atom. The van der Waals surface area contributed by atoms with Crippen molar-refractivity contribution in [2.24, 2.45) is 10.7 Å². The molecule has 0 saturated heterocycles. The van der Waals surface area contributed by atoms with E-state index in [9.17, 15) is 4.79 Å². The van der Waals surface area contributed by atoms with Gasteiger partial charge >= 0.3 is 0 Å². The lowest BCUT2D eigenvalue weighted by atomic mass is 10.1. The summed E-state index contributed by atoms with van der Waals surface area (Å²) in [6.45, 7) is 1.96. The first-order chi connectivity index (χ1) is 10.8. The number of rotatable bonds is 11. The standard InChI is InChI=1S/C16H33N3O/c1-4-6-7-8-9-10-11-12-13-15(20)18-16(17)19(3)14-5-2/h4-14H2,1-3H3,(H2,17,18,20)/i3D3. The molecular weight excluding hydrogens is 250 g/mol. The molecule has 0 heterocycles. The molecule has 20 heavy (non-hydrogen) atoms. The number of unbranched alkanes of at least 4 members (excludes halogenated alkanes) is 7. The highest BCUT2D eigenvalue weighted by molar-refractivity contribution is 5.92. The number of aliphatic imine (C=N–C) groups is 1. The van der Waals surface area contributed by atoms with E-state index in [1.165, 1.54) is 32.1 Å². The largest absolute Gasteiger partial charge is 0.369 e. The molecule has 0 aliphatic rings. The fourth-order valence-corrected chi connectivity index (χ4v) is 1.99. The average molecular weight is 286 g/mol. The van der Waals surface area contributed by atoms with E-state index in [0.717, 1.165) is 24.2 Å². The molecule has 2 N–H and O–H groups in total. The molecule has 0 atom stereocenters. The van der Waals surface area contributed by atoms with Gasteiger partial charge in [-0.2, -0.15) is 4.99 Å². The van der Waals surface area contributed by atoms with Crippen LogP contribution in [0.5, 0.6) is 0 Å². The number of guanidine groups is 1. The highest BCUT2D eigenvalue weighted by Crippen LogP contribution is 2.09. The first kappa shape index (κ1) is 13.9. The van der Waals surface area contributed by atoms with Gasteiger partial charge < -0.3 is 10.6 Å². The molecule has 0 radical (unpaired) electrons. The summed E-state index contributed by atoms with van der Waals surface area (Å²) in [4.78, 5) is 16.5. The molecular formula is C16H33N3O. The fraction of sp³-hybridized carbons (Fsp3) is 0.875. The maximum atomic E-state index is 11.8. The molecule has 118 valence electrons. The van der Waals surface area contributed by atoms with Gasteiger partial charge in [0.05, 0.1) is 0 Å². The van der Waals surface area contributed by atoms with Crippen LogP contribution in [0.1, 0.15) is 82.2 Å². The first-order valence-electron chi connectivity index (χ1n) is 9.47. The van der Waals surface area contributed by atoms with E-state index in [-0.39, 0.29) is 18.4 Å². The monoisotopic (exact) mass is 286 g/mol. The third kappa shape index (κ3) is 10.8. The van der Waals surface area contributed by atoms with Crippen molar-refractivity contribution in [3.05, 3.63) is 0 Å². The van der Waals surface area contributed by atoms with E-state index in [2.05, 4.69) is 11.9 Å². The van der Waals surface area contributed by atoms with Crippen LogP contribution in [0.3, 0.4) is 0 Å². The predicted molar refractivity (Wildman–Crippen MR) is 86.8 cm³/mol. The maximum Gasteiger partial charge on any atom is 0.248 e. The van der Waals surface area contributed by atoms with E-state index in [1.807, 2.05) is 6.92 Å². The van der Waals surface area contributed by atoms with Crippen LogP contribution in [-0.2, 0) is 4.79 Å². The van der Waals surface area contributed by atoms with E-state index < -0.39 is 6.98 Å². The second-order valence-electron chi connectivity index (χ2n) is 5.24. The summed E-state index contributed by atoms with van der Waals surface area (Å²) < 4.78 is 22.2. The SMILES string of the molecule is [2H]C([2H])([2H])N(CCC)C(N)=NC(=O)CCCCCCCCCC. The van der Waals surface area contributed by atoms with Crippen molar-refractivity contribution in [1.82, 2.24) is 4.90 Å². The first-order valence-corrected chi connectivity index (χ1v) is 7.97. The lowest BCUT2D eigenvalue weighted by molar-refractivity contribution is -0.117. The Balaban J connectivity index is 4.06. The fourth-order valence-electron chi connectivity index (χ4n) is 1.99. The van der Waals surface area contributed by atoms with Crippen LogP contribution in [0.15, 0.2) is 4.99 Å². The predicted octanol–water partition coefficient (Wildman–Crippen LogP) is 3.70. The minimum Gasteiger partial charge on any atom is -0.369 e. The minimum absolute atomic E-state index is 0.198. The van der Waals surface area contributed by atoms with E-state index in [1.54, 1.807) is 0 Å². The quantitative estimate of drug-likeness (QED) is 0.358. The van der Waals surface area contributed by atoms with Gasteiger partial charge in [0.25, 0.3) is 0 Å². The number of hydrogen-bond acceptors (Lipinski definition) is 1. The van der Waals surface area contributed by atoms with Gasteiger partial charge in [-0.25, -0.2) is 0 Å². The molecule has 0 spiro atoms. The van der Waals surface area contributed by atoms with Crippen molar-refractivity contribution in [2.45, 2.75) is 78.1 Å². The number of nitrogens with zero attached hydrogens (tertiary/aromatic N) is 2. The van der Waals surface area contributed by atoms with Crippen molar-refractivity contribution in [3.8, 4) is 0 Å². The Labute approximate surface area is 129 Å². The Morgan fingerprint density at radius 2 is 1.65 bits per heavy atom. The van der Waals surface area contributed by atoms with Crippen LogP contribution >= 0.6 is 0 Å². The Bertz CT molecular complexity index is 357. The molecule has 0 aromatic heterocycles. The van der Waals surface area contributed by atoms with Crippen LogP contribution < -0.4 is 5.73 Å². The second-order valence-corrected chi connectivity index (χ2v) is 5.24. The lowest BCUT2D eigenvalue weighted by Crippen LogP contribution is -2.35. The summed E-state index contributed by atoms with van der Waals surface area (Å²) >= 11 is 0. The molecule has 4 heteroatoms. The van der Waals surface area contributed by atoms with Crippen molar-refractivity contribution in [1.29, 1.82) is 0 Å². The van der Waals surface area contributed by atoms with Crippen molar-refractivity contribution < 1.29 is 8.91 Å². The van der Waals surface area contributed by atoms with Gasteiger partial charge in [0, 0.05) is 24.1 Å². The van der Waals surface area contributed by atoms with Gasteiger partial charge in [-0.15, -0.1) is 0 Å². The Kier molecular flexibility index (Phi) is 9.00. The normalized spacial score (nSPS) is 14.5. The molecule has 0 aromatic rings. The molecule has 0 aliphatic heterocycles. The van der Waals surface area contributed by atoms with Crippen molar-refractivity contribution in [2.75, 3.05) is 13.5 Å². The van der Waals surface area contributed by atoms with Gasteiger partial charge in [0.1, 0.15) is 0 Å². The zero-order valence-electron chi connectivity index (χ0n) is 16.2. The Morgan fingerprint density at radius 3 is 2.20 bits per heavy atom. The van der Waals surface area contributed by atoms with Crippen LogP contribution in [-0.4, -0.2) is 30.3 Å². The minimum atomic E-state index is -2.36. The maximum absolute atomic E-state index is 11.8. The zero-order chi connectivity index (χ0) is 17.7. The zero-order valence-corrected chi connectivity index (χ0v) is 13.2. The molecule has 0 bridgehead atoms.